The lowest BCUT2D eigenvalue weighted by Gasteiger charge is -2.16. The Hall–Kier alpha value is -3.10. The van der Waals surface area contributed by atoms with Crippen LogP contribution >= 0.6 is 0 Å². The summed E-state index contributed by atoms with van der Waals surface area (Å²) in [5.74, 6) is -0.136. The number of nitrogens with zero attached hydrogens (tertiary/aromatic N) is 1. The van der Waals surface area contributed by atoms with Crippen molar-refractivity contribution >= 4 is 17.6 Å². The van der Waals surface area contributed by atoms with Crippen molar-refractivity contribution < 1.29 is 27.5 Å². The van der Waals surface area contributed by atoms with E-state index in [1.807, 2.05) is 0 Å². The summed E-state index contributed by atoms with van der Waals surface area (Å²) in [6.45, 7) is 0.321. The van der Waals surface area contributed by atoms with Gasteiger partial charge in [-0.15, -0.1) is 0 Å². The van der Waals surface area contributed by atoms with Gasteiger partial charge in [-0.2, -0.15) is 13.2 Å². The highest BCUT2D eigenvalue weighted by molar-refractivity contribution is 5.97. The molecule has 2 N–H and O–H groups in total. The standard InChI is InChI=1S/C20H20F3N3O3/c1-12(14-3-2-4-16(9-14)29-11-20(21,22)23)25-19(28)15-7-8-24-17(10-15)26-18(27)13-5-6-13/h2-4,7-10,12-13H,5-6,11H2,1H3,(H,25,28)(H,24,26,27). The molecule has 1 aromatic carbocycles. The molecule has 1 unspecified atom stereocenters. The number of amides is 2. The summed E-state index contributed by atoms with van der Waals surface area (Å²) in [6, 6.07) is 8.62. The number of hydrogen-bond acceptors (Lipinski definition) is 4. The number of nitrogens with one attached hydrogen (secondary N) is 2. The van der Waals surface area contributed by atoms with Crippen molar-refractivity contribution in [2.75, 3.05) is 11.9 Å². The average Bonchev–Trinajstić information content (AvgIpc) is 3.51. The van der Waals surface area contributed by atoms with Gasteiger partial charge in [0.1, 0.15) is 11.6 Å². The number of alkyl halides is 3. The number of halogens is 3. The highest BCUT2D eigenvalue weighted by atomic mass is 19.4. The molecule has 1 fully saturated rings. The molecule has 1 saturated carbocycles. The van der Waals surface area contributed by atoms with Crippen LogP contribution in [0.1, 0.15) is 41.7 Å². The van der Waals surface area contributed by atoms with Crippen LogP contribution in [0.3, 0.4) is 0 Å². The van der Waals surface area contributed by atoms with Crippen molar-refractivity contribution in [2.45, 2.75) is 32.0 Å². The second-order valence-electron chi connectivity index (χ2n) is 6.86. The molecule has 1 heterocycles. The third-order valence-corrected chi connectivity index (χ3v) is 4.33. The zero-order valence-electron chi connectivity index (χ0n) is 15.6. The Morgan fingerprint density at radius 2 is 2.00 bits per heavy atom. The number of benzene rings is 1. The maximum Gasteiger partial charge on any atom is 0.422 e. The lowest BCUT2D eigenvalue weighted by Crippen LogP contribution is -2.27. The molecule has 29 heavy (non-hydrogen) atoms. The van der Waals surface area contributed by atoms with Gasteiger partial charge in [0.05, 0.1) is 6.04 Å². The number of aromatic nitrogens is 1. The van der Waals surface area contributed by atoms with Crippen LogP contribution in [0.5, 0.6) is 5.75 Å². The zero-order valence-corrected chi connectivity index (χ0v) is 15.6. The van der Waals surface area contributed by atoms with Crippen molar-refractivity contribution in [2.24, 2.45) is 5.92 Å². The van der Waals surface area contributed by atoms with E-state index >= 15 is 0 Å². The molecule has 2 aromatic rings. The number of carbonyl (C=O) groups is 2. The topological polar surface area (TPSA) is 80.3 Å². The number of ether oxygens (including phenoxy) is 1. The van der Waals surface area contributed by atoms with Gasteiger partial charge in [0.2, 0.25) is 5.91 Å². The molecule has 0 spiro atoms. The SMILES string of the molecule is CC(NC(=O)c1ccnc(NC(=O)C2CC2)c1)c1cccc(OCC(F)(F)F)c1. The van der Waals surface area contributed by atoms with E-state index in [4.69, 9.17) is 4.74 Å². The van der Waals surface area contributed by atoms with Crippen LogP contribution in [0.4, 0.5) is 19.0 Å². The van der Waals surface area contributed by atoms with Crippen molar-refractivity contribution in [1.29, 1.82) is 0 Å². The van der Waals surface area contributed by atoms with Gasteiger partial charge in [-0.05, 0) is 49.6 Å². The molecule has 154 valence electrons. The van der Waals surface area contributed by atoms with Crippen LogP contribution < -0.4 is 15.4 Å². The van der Waals surface area contributed by atoms with E-state index in [1.165, 1.54) is 30.5 Å². The summed E-state index contributed by atoms with van der Waals surface area (Å²) in [4.78, 5) is 28.4. The van der Waals surface area contributed by atoms with E-state index in [0.29, 0.717) is 16.9 Å². The lowest BCUT2D eigenvalue weighted by molar-refractivity contribution is -0.153. The Morgan fingerprint density at radius 3 is 2.69 bits per heavy atom. The Morgan fingerprint density at radius 1 is 1.24 bits per heavy atom. The predicted molar refractivity (Wildman–Crippen MR) is 99.5 cm³/mol. The molecule has 1 aliphatic carbocycles. The molecule has 1 atom stereocenters. The van der Waals surface area contributed by atoms with E-state index in [0.717, 1.165) is 12.8 Å². The van der Waals surface area contributed by atoms with Gasteiger partial charge < -0.3 is 15.4 Å². The van der Waals surface area contributed by atoms with Gasteiger partial charge in [-0.3, -0.25) is 9.59 Å². The Balaban J connectivity index is 1.62. The highest BCUT2D eigenvalue weighted by Gasteiger charge is 2.30. The molecule has 9 heteroatoms. The fourth-order valence-corrected chi connectivity index (χ4v) is 2.62. The Labute approximate surface area is 165 Å². The van der Waals surface area contributed by atoms with E-state index in [2.05, 4.69) is 15.6 Å². The van der Waals surface area contributed by atoms with Gasteiger partial charge in [0, 0.05) is 17.7 Å². The van der Waals surface area contributed by atoms with Crippen molar-refractivity contribution in [3.05, 3.63) is 53.7 Å². The van der Waals surface area contributed by atoms with Crippen LogP contribution in [0, 0.1) is 5.92 Å². The maximum atomic E-state index is 12.5. The summed E-state index contributed by atoms with van der Waals surface area (Å²) in [5, 5.41) is 5.45. The minimum Gasteiger partial charge on any atom is -0.484 e. The van der Waals surface area contributed by atoms with Gasteiger partial charge in [0.15, 0.2) is 6.61 Å². The van der Waals surface area contributed by atoms with Gasteiger partial charge in [-0.25, -0.2) is 4.98 Å². The number of hydrogen-bond donors (Lipinski definition) is 2. The molecule has 1 aliphatic rings. The largest absolute Gasteiger partial charge is 0.484 e. The monoisotopic (exact) mass is 407 g/mol. The fraction of sp³-hybridized carbons (Fsp3) is 0.350. The third-order valence-electron chi connectivity index (χ3n) is 4.33. The second kappa shape index (κ2) is 8.50. The molecule has 6 nitrogen and oxygen atoms in total. The molecule has 0 bridgehead atoms. The van der Waals surface area contributed by atoms with Crippen LogP contribution in [-0.4, -0.2) is 29.6 Å². The quantitative estimate of drug-likeness (QED) is 0.730. The summed E-state index contributed by atoms with van der Waals surface area (Å²) in [6.07, 6.45) is -1.29. The molecule has 1 aromatic heterocycles. The first kappa shape index (κ1) is 20.6. The van der Waals surface area contributed by atoms with E-state index in [-0.39, 0.29) is 17.6 Å². The molecule has 0 saturated heterocycles. The van der Waals surface area contributed by atoms with Crippen molar-refractivity contribution in [3.8, 4) is 5.75 Å². The second-order valence-corrected chi connectivity index (χ2v) is 6.86. The van der Waals surface area contributed by atoms with Gasteiger partial charge >= 0.3 is 6.18 Å². The minimum absolute atomic E-state index is 0.0149. The number of rotatable bonds is 7. The first-order valence-electron chi connectivity index (χ1n) is 9.08. The summed E-state index contributed by atoms with van der Waals surface area (Å²) >= 11 is 0. The van der Waals surface area contributed by atoms with Gasteiger partial charge in [0.25, 0.3) is 5.91 Å². The smallest absolute Gasteiger partial charge is 0.422 e. The maximum absolute atomic E-state index is 12.5. The van der Waals surface area contributed by atoms with Crippen LogP contribution in [-0.2, 0) is 4.79 Å². The number of pyridine rings is 1. The first-order valence-corrected chi connectivity index (χ1v) is 9.08. The molecular weight excluding hydrogens is 387 g/mol. The third kappa shape index (κ3) is 6.20. The zero-order chi connectivity index (χ0) is 21.0. The van der Waals surface area contributed by atoms with E-state index < -0.39 is 24.7 Å². The average molecular weight is 407 g/mol. The molecular formula is C20H20F3N3O3. The summed E-state index contributed by atoms with van der Waals surface area (Å²) < 4.78 is 41.7. The van der Waals surface area contributed by atoms with E-state index in [9.17, 15) is 22.8 Å². The summed E-state index contributed by atoms with van der Waals surface area (Å²) in [7, 11) is 0. The van der Waals surface area contributed by atoms with Gasteiger partial charge in [-0.1, -0.05) is 12.1 Å². The minimum atomic E-state index is -4.43. The summed E-state index contributed by atoms with van der Waals surface area (Å²) in [5.41, 5.74) is 0.900. The Kier molecular flexibility index (Phi) is 6.05. The molecule has 0 radical (unpaired) electrons. The normalized spacial score (nSPS) is 14.8. The molecule has 0 aliphatic heterocycles. The van der Waals surface area contributed by atoms with Crippen molar-refractivity contribution in [3.63, 3.8) is 0 Å². The van der Waals surface area contributed by atoms with Crippen LogP contribution in [0.2, 0.25) is 0 Å². The molecule has 3 rings (SSSR count). The van der Waals surface area contributed by atoms with E-state index in [1.54, 1.807) is 19.1 Å². The fourth-order valence-electron chi connectivity index (χ4n) is 2.62. The first-order chi connectivity index (χ1) is 13.7. The number of carbonyl (C=O) groups excluding carboxylic acids is 2. The van der Waals surface area contributed by atoms with Crippen LogP contribution in [0.25, 0.3) is 0 Å². The lowest BCUT2D eigenvalue weighted by atomic mass is 10.1. The van der Waals surface area contributed by atoms with Crippen molar-refractivity contribution in [1.82, 2.24) is 10.3 Å². The Bertz CT molecular complexity index is 898. The van der Waals surface area contributed by atoms with Crippen LogP contribution in [0.15, 0.2) is 42.6 Å². The molecule has 2 amide bonds. The highest BCUT2D eigenvalue weighted by Crippen LogP contribution is 2.30. The number of anilines is 1. The predicted octanol–water partition coefficient (Wildman–Crippen LogP) is 3.86.